The van der Waals surface area contributed by atoms with Crippen LogP contribution in [0.15, 0.2) is 24.3 Å². The van der Waals surface area contributed by atoms with Gasteiger partial charge in [-0.2, -0.15) is 0 Å². The van der Waals surface area contributed by atoms with E-state index in [9.17, 15) is 4.79 Å². The Balaban J connectivity index is 1.94. The van der Waals surface area contributed by atoms with Gasteiger partial charge < -0.3 is 15.4 Å². The molecule has 4 nitrogen and oxygen atoms in total. The van der Waals surface area contributed by atoms with Crippen molar-refractivity contribution in [1.29, 1.82) is 0 Å². The summed E-state index contributed by atoms with van der Waals surface area (Å²) in [6.45, 7) is 6.29. The molecule has 0 radical (unpaired) electrons. The van der Waals surface area contributed by atoms with Crippen molar-refractivity contribution >= 4 is 5.91 Å². The van der Waals surface area contributed by atoms with Gasteiger partial charge in [-0.15, -0.1) is 0 Å². The zero-order chi connectivity index (χ0) is 14.6. The summed E-state index contributed by atoms with van der Waals surface area (Å²) < 4.78 is 5.18. The molecule has 0 saturated carbocycles. The number of carbonyl (C=O) groups excluding carboxylic acids is 1. The van der Waals surface area contributed by atoms with Crippen LogP contribution in [0.3, 0.4) is 0 Å². The molecule has 0 bridgehead atoms. The third-order valence-electron chi connectivity index (χ3n) is 3.97. The SMILES string of the molecule is COc1cccc(CC(=O)NC2CCNCC2(C)C)c1. The number of rotatable bonds is 4. The average Bonchev–Trinajstić information content (AvgIpc) is 2.41. The molecule has 2 rings (SSSR count). The fourth-order valence-electron chi connectivity index (χ4n) is 2.65. The number of piperidine rings is 1. The highest BCUT2D eigenvalue weighted by Crippen LogP contribution is 2.25. The summed E-state index contributed by atoms with van der Waals surface area (Å²) >= 11 is 0. The second kappa shape index (κ2) is 6.27. The largest absolute Gasteiger partial charge is 0.497 e. The van der Waals surface area contributed by atoms with E-state index in [0.717, 1.165) is 30.8 Å². The maximum Gasteiger partial charge on any atom is 0.224 e. The number of methoxy groups -OCH3 is 1. The van der Waals surface area contributed by atoms with Crippen LogP contribution in [-0.2, 0) is 11.2 Å². The van der Waals surface area contributed by atoms with Crippen molar-refractivity contribution in [2.45, 2.75) is 32.7 Å². The molecule has 0 aromatic heterocycles. The van der Waals surface area contributed by atoms with E-state index >= 15 is 0 Å². The fourth-order valence-corrected chi connectivity index (χ4v) is 2.65. The van der Waals surface area contributed by atoms with Gasteiger partial charge in [-0.3, -0.25) is 4.79 Å². The monoisotopic (exact) mass is 276 g/mol. The number of ether oxygens (including phenoxy) is 1. The smallest absolute Gasteiger partial charge is 0.224 e. The van der Waals surface area contributed by atoms with Crippen molar-refractivity contribution in [3.8, 4) is 5.75 Å². The molecule has 1 aromatic rings. The van der Waals surface area contributed by atoms with E-state index in [0.29, 0.717) is 6.42 Å². The fraction of sp³-hybridized carbons (Fsp3) is 0.562. The summed E-state index contributed by atoms with van der Waals surface area (Å²) in [6, 6.07) is 7.90. The van der Waals surface area contributed by atoms with Crippen molar-refractivity contribution in [2.24, 2.45) is 5.41 Å². The van der Waals surface area contributed by atoms with E-state index in [1.807, 2.05) is 24.3 Å². The average molecular weight is 276 g/mol. The topological polar surface area (TPSA) is 50.4 Å². The van der Waals surface area contributed by atoms with Gasteiger partial charge in [0.15, 0.2) is 0 Å². The summed E-state index contributed by atoms with van der Waals surface area (Å²) in [5.74, 6) is 0.871. The molecule has 1 aliphatic rings. The normalized spacial score (nSPS) is 21.2. The first-order chi connectivity index (χ1) is 9.51. The van der Waals surface area contributed by atoms with Crippen LogP contribution >= 0.6 is 0 Å². The minimum atomic E-state index is 0.0817. The number of hydrogen-bond donors (Lipinski definition) is 2. The van der Waals surface area contributed by atoms with Gasteiger partial charge in [0.1, 0.15) is 5.75 Å². The molecular weight excluding hydrogens is 252 g/mol. The van der Waals surface area contributed by atoms with Gasteiger partial charge in [0, 0.05) is 12.6 Å². The molecule has 110 valence electrons. The summed E-state index contributed by atoms with van der Waals surface area (Å²) in [6.07, 6.45) is 1.38. The molecule has 0 aliphatic carbocycles. The van der Waals surface area contributed by atoms with Crippen LogP contribution < -0.4 is 15.4 Å². The molecule has 1 unspecified atom stereocenters. The quantitative estimate of drug-likeness (QED) is 0.881. The van der Waals surface area contributed by atoms with Crippen molar-refractivity contribution < 1.29 is 9.53 Å². The predicted octanol–water partition coefficient (Wildman–Crippen LogP) is 1.74. The van der Waals surface area contributed by atoms with Gasteiger partial charge in [-0.05, 0) is 36.1 Å². The Bertz CT molecular complexity index is 471. The molecule has 1 heterocycles. The van der Waals surface area contributed by atoms with Crippen molar-refractivity contribution in [2.75, 3.05) is 20.2 Å². The maximum atomic E-state index is 12.2. The first kappa shape index (κ1) is 14.9. The van der Waals surface area contributed by atoms with Crippen LogP contribution in [0, 0.1) is 5.41 Å². The van der Waals surface area contributed by atoms with Crippen LogP contribution in [0.25, 0.3) is 0 Å². The number of hydrogen-bond acceptors (Lipinski definition) is 3. The molecule has 1 aliphatic heterocycles. The molecule has 4 heteroatoms. The van der Waals surface area contributed by atoms with Crippen molar-refractivity contribution in [3.63, 3.8) is 0 Å². The van der Waals surface area contributed by atoms with E-state index in [1.165, 1.54) is 0 Å². The second-order valence-electron chi connectivity index (χ2n) is 6.10. The van der Waals surface area contributed by atoms with Gasteiger partial charge in [0.25, 0.3) is 0 Å². The number of nitrogens with one attached hydrogen (secondary N) is 2. The van der Waals surface area contributed by atoms with Gasteiger partial charge in [0.05, 0.1) is 13.5 Å². The number of benzene rings is 1. The molecule has 1 fully saturated rings. The molecule has 1 saturated heterocycles. The minimum Gasteiger partial charge on any atom is -0.497 e. The summed E-state index contributed by atoms with van der Waals surface area (Å²) in [7, 11) is 1.64. The molecule has 20 heavy (non-hydrogen) atoms. The Morgan fingerprint density at radius 2 is 2.30 bits per heavy atom. The lowest BCUT2D eigenvalue weighted by atomic mass is 9.80. The molecule has 2 N–H and O–H groups in total. The highest BCUT2D eigenvalue weighted by atomic mass is 16.5. The Kier molecular flexibility index (Phi) is 4.65. The van der Waals surface area contributed by atoms with Crippen LogP contribution in [0.5, 0.6) is 5.75 Å². The van der Waals surface area contributed by atoms with E-state index < -0.39 is 0 Å². The van der Waals surface area contributed by atoms with E-state index in [2.05, 4.69) is 24.5 Å². The Hall–Kier alpha value is -1.55. The zero-order valence-electron chi connectivity index (χ0n) is 12.5. The Morgan fingerprint density at radius 1 is 1.50 bits per heavy atom. The van der Waals surface area contributed by atoms with Crippen molar-refractivity contribution in [1.82, 2.24) is 10.6 Å². The van der Waals surface area contributed by atoms with Crippen LogP contribution in [0.1, 0.15) is 25.8 Å². The number of amides is 1. The molecular formula is C16H24N2O2. The van der Waals surface area contributed by atoms with Crippen molar-refractivity contribution in [3.05, 3.63) is 29.8 Å². The summed E-state index contributed by atoms with van der Waals surface area (Å²) in [4.78, 5) is 12.2. The zero-order valence-corrected chi connectivity index (χ0v) is 12.5. The Labute approximate surface area is 120 Å². The highest BCUT2D eigenvalue weighted by Gasteiger charge is 2.32. The highest BCUT2D eigenvalue weighted by molar-refractivity contribution is 5.79. The van der Waals surface area contributed by atoms with E-state index in [-0.39, 0.29) is 17.4 Å². The maximum absolute atomic E-state index is 12.2. The molecule has 0 spiro atoms. The lowest BCUT2D eigenvalue weighted by Crippen LogP contribution is -2.54. The standard InChI is InChI=1S/C16H24N2O2/c1-16(2)11-17-8-7-14(16)18-15(19)10-12-5-4-6-13(9-12)20-3/h4-6,9,14,17H,7-8,10-11H2,1-3H3,(H,18,19). The van der Waals surface area contributed by atoms with Gasteiger partial charge in [-0.1, -0.05) is 26.0 Å². The van der Waals surface area contributed by atoms with Gasteiger partial charge in [0.2, 0.25) is 5.91 Å². The third-order valence-corrected chi connectivity index (χ3v) is 3.97. The first-order valence-corrected chi connectivity index (χ1v) is 7.14. The third kappa shape index (κ3) is 3.73. The minimum absolute atomic E-state index is 0.0817. The summed E-state index contributed by atoms with van der Waals surface area (Å²) in [5, 5.41) is 6.55. The van der Waals surface area contributed by atoms with Gasteiger partial charge >= 0.3 is 0 Å². The van der Waals surface area contributed by atoms with Crippen LogP contribution in [0.4, 0.5) is 0 Å². The molecule has 1 aromatic carbocycles. The van der Waals surface area contributed by atoms with Crippen LogP contribution in [0.2, 0.25) is 0 Å². The van der Waals surface area contributed by atoms with E-state index in [4.69, 9.17) is 4.74 Å². The lowest BCUT2D eigenvalue weighted by molar-refractivity contribution is -0.122. The second-order valence-corrected chi connectivity index (χ2v) is 6.10. The molecule has 1 amide bonds. The van der Waals surface area contributed by atoms with Crippen LogP contribution in [-0.4, -0.2) is 32.1 Å². The number of carbonyl (C=O) groups is 1. The van der Waals surface area contributed by atoms with Gasteiger partial charge in [-0.25, -0.2) is 0 Å². The first-order valence-electron chi connectivity index (χ1n) is 7.14. The lowest BCUT2D eigenvalue weighted by Gasteiger charge is -2.39. The summed E-state index contributed by atoms with van der Waals surface area (Å²) in [5.41, 5.74) is 1.08. The Morgan fingerprint density at radius 3 is 3.00 bits per heavy atom. The van der Waals surface area contributed by atoms with E-state index in [1.54, 1.807) is 7.11 Å². The molecule has 1 atom stereocenters. The predicted molar refractivity (Wildman–Crippen MR) is 79.9 cm³/mol.